The Labute approximate surface area is 196 Å². The van der Waals surface area contributed by atoms with Gasteiger partial charge in [0.2, 0.25) is 5.95 Å². The number of benzene rings is 2. The number of allylic oxidation sites excluding steroid dienone is 1. The molecule has 32 heavy (non-hydrogen) atoms. The van der Waals surface area contributed by atoms with Crippen molar-refractivity contribution < 1.29 is 9.47 Å². The average molecular weight is 494 g/mol. The standard InChI is InChI=1S/C24H24BrN5O2/c1-2-12-32-22-9-8-20(25)16-18(22)15-19(17-26)23-27-28-24(29-10-13-31-14-11-29)30(23)21-6-4-3-5-7-21/h3-9,15-16H,2,10-14H2,1H3/b19-15+. The van der Waals surface area contributed by atoms with E-state index in [4.69, 9.17) is 9.47 Å². The van der Waals surface area contributed by atoms with E-state index in [2.05, 4.69) is 44.0 Å². The predicted molar refractivity (Wildman–Crippen MR) is 128 cm³/mol. The lowest BCUT2D eigenvalue weighted by Crippen LogP contribution is -2.38. The fourth-order valence-electron chi connectivity index (χ4n) is 3.51. The highest BCUT2D eigenvalue weighted by molar-refractivity contribution is 9.10. The van der Waals surface area contributed by atoms with Crippen LogP contribution in [0.4, 0.5) is 5.95 Å². The molecule has 2 heterocycles. The van der Waals surface area contributed by atoms with Crippen LogP contribution in [0.3, 0.4) is 0 Å². The van der Waals surface area contributed by atoms with Gasteiger partial charge in [-0.15, -0.1) is 10.2 Å². The lowest BCUT2D eigenvalue weighted by atomic mass is 10.1. The maximum Gasteiger partial charge on any atom is 0.232 e. The van der Waals surface area contributed by atoms with E-state index in [9.17, 15) is 5.26 Å². The van der Waals surface area contributed by atoms with Crippen molar-refractivity contribution in [2.24, 2.45) is 0 Å². The van der Waals surface area contributed by atoms with E-state index in [0.29, 0.717) is 37.2 Å². The van der Waals surface area contributed by atoms with Crippen LogP contribution in [-0.4, -0.2) is 47.7 Å². The second-order valence-corrected chi connectivity index (χ2v) is 8.21. The van der Waals surface area contributed by atoms with Gasteiger partial charge in [0.1, 0.15) is 11.8 Å². The number of rotatable bonds is 7. The number of nitriles is 1. The van der Waals surface area contributed by atoms with Gasteiger partial charge in [-0.3, -0.25) is 4.57 Å². The molecular weight excluding hydrogens is 470 g/mol. The van der Waals surface area contributed by atoms with Crippen LogP contribution in [0.2, 0.25) is 0 Å². The monoisotopic (exact) mass is 493 g/mol. The first-order valence-corrected chi connectivity index (χ1v) is 11.4. The maximum absolute atomic E-state index is 10.1. The second kappa shape index (κ2) is 10.4. The van der Waals surface area contributed by atoms with Crippen LogP contribution in [0.25, 0.3) is 17.3 Å². The maximum atomic E-state index is 10.1. The van der Waals surface area contributed by atoms with E-state index in [1.807, 2.05) is 59.2 Å². The van der Waals surface area contributed by atoms with E-state index in [0.717, 1.165) is 41.0 Å². The minimum atomic E-state index is 0.403. The molecule has 1 aromatic heterocycles. The molecule has 0 radical (unpaired) electrons. The summed E-state index contributed by atoms with van der Waals surface area (Å²) in [5, 5.41) is 19.0. The summed E-state index contributed by atoms with van der Waals surface area (Å²) in [7, 11) is 0. The summed E-state index contributed by atoms with van der Waals surface area (Å²) < 4.78 is 14.2. The summed E-state index contributed by atoms with van der Waals surface area (Å²) in [5.41, 5.74) is 2.10. The topological polar surface area (TPSA) is 76.2 Å². The van der Waals surface area contributed by atoms with Crippen molar-refractivity contribution in [1.82, 2.24) is 14.8 Å². The summed E-state index contributed by atoms with van der Waals surface area (Å²) in [6, 6.07) is 17.9. The number of halogens is 1. The van der Waals surface area contributed by atoms with E-state index >= 15 is 0 Å². The van der Waals surface area contributed by atoms with Gasteiger partial charge in [0.15, 0.2) is 5.82 Å². The molecule has 0 N–H and O–H groups in total. The van der Waals surface area contributed by atoms with Crippen LogP contribution in [0.5, 0.6) is 5.75 Å². The van der Waals surface area contributed by atoms with Gasteiger partial charge < -0.3 is 14.4 Å². The van der Waals surface area contributed by atoms with Crippen molar-refractivity contribution in [1.29, 1.82) is 5.26 Å². The third-order valence-electron chi connectivity index (χ3n) is 5.05. The van der Waals surface area contributed by atoms with E-state index in [1.54, 1.807) is 0 Å². The summed E-state index contributed by atoms with van der Waals surface area (Å²) in [6.07, 6.45) is 2.71. The normalized spacial score (nSPS) is 14.3. The second-order valence-electron chi connectivity index (χ2n) is 7.29. The van der Waals surface area contributed by atoms with Crippen molar-refractivity contribution in [3.8, 4) is 17.5 Å². The Hall–Kier alpha value is -3.15. The number of ether oxygens (including phenoxy) is 2. The molecule has 8 heteroatoms. The van der Waals surface area contributed by atoms with E-state index < -0.39 is 0 Å². The first kappa shape index (κ1) is 22.1. The molecule has 0 unspecified atom stereocenters. The summed E-state index contributed by atoms with van der Waals surface area (Å²) in [6.45, 7) is 5.37. The molecule has 0 aliphatic carbocycles. The number of aromatic nitrogens is 3. The van der Waals surface area contributed by atoms with Crippen molar-refractivity contribution in [2.75, 3.05) is 37.8 Å². The third-order valence-corrected chi connectivity index (χ3v) is 5.54. The highest BCUT2D eigenvalue weighted by atomic mass is 79.9. The number of nitrogens with zero attached hydrogens (tertiary/aromatic N) is 5. The highest BCUT2D eigenvalue weighted by Crippen LogP contribution is 2.30. The van der Waals surface area contributed by atoms with Crippen molar-refractivity contribution in [3.05, 3.63) is 64.4 Å². The van der Waals surface area contributed by atoms with Gasteiger partial charge in [-0.25, -0.2) is 0 Å². The molecule has 0 spiro atoms. The zero-order chi connectivity index (χ0) is 22.3. The Morgan fingerprint density at radius 1 is 1.19 bits per heavy atom. The van der Waals surface area contributed by atoms with Crippen molar-refractivity contribution >= 4 is 33.5 Å². The molecule has 2 aromatic carbocycles. The van der Waals surface area contributed by atoms with Crippen molar-refractivity contribution in [2.45, 2.75) is 13.3 Å². The number of hydrogen-bond acceptors (Lipinski definition) is 6. The molecule has 1 aliphatic heterocycles. The molecule has 0 atom stereocenters. The largest absolute Gasteiger partial charge is 0.493 e. The molecule has 4 rings (SSSR count). The minimum absolute atomic E-state index is 0.403. The zero-order valence-corrected chi connectivity index (χ0v) is 19.5. The number of morpholine rings is 1. The van der Waals surface area contributed by atoms with Gasteiger partial charge >= 0.3 is 0 Å². The molecule has 1 fully saturated rings. The average Bonchev–Trinajstić information content (AvgIpc) is 3.28. The van der Waals surface area contributed by atoms with Gasteiger partial charge in [0.25, 0.3) is 0 Å². The lowest BCUT2D eigenvalue weighted by molar-refractivity contribution is 0.122. The molecule has 7 nitrogen and oxygen atoms in total. The van der Waals surface area contributed by atoms with Gasteiger partial charge in [0.05, 0.1) is 31.1 Å². The lowest BCUT2D eigenvalue weighted by Gasteiger charge is -2.28. The van der Waals surface area contributed by atoms with Crippen LogP contribution in [0, 0.1) is 11.3 Å². The van der Waals surface area contributed by atoms with Crippen molar-refractivity contribution in [3.63, 3.8) is 0 Å². The molecule has 1 saturated heterocycles. The number of anilines is 1. The predicted octanol–water partition coefficient (Wildman–Crippen LogP) is 4.72. The Balaban J connectivity index is 1.83. The Morgan fingerprint density at radius 2 is 1.97 bits per heavy atom. The Morgan fingerprint density at radius 3 is 2.69 bits per heavy atom. The first-order valence-electron chi connectivity index (χ1n) is 10.6. The van der Waals surface area contributed by atoms with Gasteiger partial charge in [-0.2, -0.15) is 5.26 Å². The SMILES string of the molecule is CCCOc1ccc(Br)cc1/C=C(\C#N)c1nnc(N2CCOCC2)n1-c1ccccc1. The Bertz CT molecular complexity index is 1130. The number of hydrogen-bond donors (Lipinski definition) is 0. The van der Waals surface area contributed by atoms with Crippen LogP contribution in [-0.2, 0) is 4.74 Å². The van der Waals surface area contributed by atoms with E-state index in [-0.39, 0.29) is 0 Å². The van der Waals surface area contributed by atoms with Gasteiger partial charge in [-0.05, 0) is 42.8 Å². The van der Waals surface area contributed by atoms with Gasteiger partial charge in [0, 0.05) is 23.1 Å². The van der Waals surface area contributed by atoms with Crippen LogP contribution in [0.1, 0.15) is 24.7 Å². The number of para-hydroxylation sites is 1. The Kier molecular flexibility index (Phi) is 7.20. The fraction of sp³-hybridized carbons (Fsp3) is 0.292. The summed E-state index contributed by atoms with van der Waals surface area (Å²) >= 11 is 3.52. The molecule has 3 aromatic rings. The fourth-order valence-corrected chi connectivity index (χ4v) is 3.89. The van der Waals surface area contributed by atoms with Crippen LogP contribution >= 0.6 is 15.9 Å². The van der Waals surface area contributed by atoms with Crippen LogP contribution < -0.4 is 9.64 Å². The molecule has 0 bridgehead atoms. The quantitative estimate of drug-likeness (QED) is 0.443. The first-order chi connectivity index (χ1) is 15.7. The zero-order valence-electron chi connectivity index (χ0n) is 17.9. The third kappa shape index (κ3) is 4.85. The summed E-state index contributed by atoms with van der Waals surface area (Å²) in [5.74, 6) is 1.91. The van der Waals surface area contributed by atoms with E-state index in [1.165, 1.54) is 0 Å². The van der Waals surface area contributed by atoms with Gasteiger partial charge in [-0.1, -0.05) is 41.1 Å². The molecule has 0 saturated carbocycles. The van der Waals surface area contributed by atoms with Crippen LogP contribution in [0.15, 0.2) is 53.0 Å². The molecule has 164 valence electrons. The highest BCUT2D eigenvalue weighted by Gasteiger charge is 2.23. The molecule has 1 aliphatic rings. The smallest absolute Gasteiger partial charge is 0.232 e. The minimum Gasteiger partial charge on any atom is -0.493 e. The summed E-state index contributed by atoms with van der Waals surface area (Å²) in [4.78, 5) is 2.14. The molecular formula is C24H24BrN5O2. The molecule has 0 amide bonds.